The summed E-state index contributed by atoms with van der Waals surface area (Å²) in [4.78, 5) is 10.8. The molecule has 0 aromatic heterocycles. The summed E-state index contributed by atoms with van der Waals surface area (Å²) in [7, 11) is 0. The molecular formula is C14H12O4. The van der Waals surface area contributed by atoms with E-state index in [0.717, 1.165) is 16.7 Å². The number of carboxylic acid groups (broad SMARTS) is 1. The van der Waals surface area contributed by atoms with Crippen molar-refractivity contribution in [2.24, 2.45) is 0 Å². The van der Waals surface area contributed by atoms with Gasteiger partial charge >= 0.3 is 5.97 Å². The highest BCUT2D eigenvalue weighted by Gasteiger charge is 2.10. The van der Waals surface area contributed by atoms with Gasteiger partial charge in [-0.1, -0.05) is 30.3 Å². The Bertz CT molecular complexity index is 573. The largest absolute Gasteiger partial charge is 0.507 e. The zero-order chi connectivity index (χ0) is 13.1. The second-order valence-electron chi connectivity index (χ2n) is 3.89. The summed E-state index contributed by atoms with van der Waals surface area (Å²) >= 11 is 0. The molecule has 0 aliphatic carbocycles. The van der Waals surface area contributed by atoms with Gasteiger partial charge in [-0.15, -0.1) is 0 Å². The Morgan fingerprint density at radius 1 is 1.00 bits per heavy atom. The second-order valence-corrected chi connectivity index (χ2v) is 3.89. The molecule has 2 aromatic rings. The fourth-order valence-electron chi connectivity index (χ4n) is 1.69. The first-order valence-electron chi connectivity index (χ1n) is 5.38. The number of aliphatic hydroxyl groups is 1. The van der Waals surface area contributed by atoms with Gasteiger partial charge in [0.2, 0.25) is 0 Å². The molecule has 0 aliphatic heterocycles. The van der Waals surface area contributed by atoms with Gasteiger partial charge in [-0.2, -0.15) is 0 Å². The molecule has 4 nitrogen and oxygen atoms in total. The number of hydrogen-bond acceptors (Lipinski definition) is 3. The summed E-state index contributed by atoms with van der Waals surface area (Å²) in [6, 6.07) is 11.6. The summed E-state index contributed by atoms with van der Waals surface area (Å²) in [5.74, 6) is -1.42. The van der Waals surface area contributed by atoms with Crippen molar-refractivity contribution in [1.82, 2.24) is 0 Å². The van der Waals surface area contributed by atoms with Crippen molar-refractivity contribution in [3.8, 4) is 16.9 Å². The Hall–Kier alpha value is -2.33. The van der Waals surface area contributed by atoms with Crippen molar-refractivity contribution >= 4 is 5.97 Å². The van der Waals surface area contributed by atoms with Crippen molar-refractivity contribution < 1.29 is 20.1 Å². The fourth-order valence-corrected chi connectivity index (χ4v) is 1.69. The van der Waals surface area contributed by atoms with Crippen LogP contribution in [0.25, 0.3) is 11.1 Å². The van der Waals surface area contributed by atoms with Crippen LogP contribution in [0.15, 0.2) is 42.5 Å². The molecule has 0 atom stereocenters. The van der Waals surface area contributed by atoms with E-state index >= 15 is 0 Å². The predicted octanol–water partition coefficient (Wildman–Crippen LogP) is 2.25. The Morgan fingerprint density at radius 3 is 2.11 bits per heavy atom. The molecule has 2 rings (SSSR count). The van der Waals surface area contributed by atoms with Crippen molar-refractivity contribution in [2.45, 2.75) is 6.61 Å². The molecule has 92 valence electrons. The summed E-state index contributed by atoms with van der Waals surface area (Å²) in [5.41, 5.74) is 2.25. The number of carbonyl (C=O) groups is 1. The maximum absolute atomic E-state index is 10.8. The molecule has 0 amide bonds. The van der Waals surface area contributed by atoms with Crippen LogP contribution in [-0.4, -0.2) is 21.3 Å². The zero-order valence-corrected chi connectivity index (χ0v) is 9.50. The van der Waals surface area contributed by atoms with Crippen LogP contribution in [0.1, 0.15) is 15.9 Å². The Labute approximate surface area is 104 Å². The van der Waals surface area contributed by atoms with Crippen molar-refractivity contribution in [1.29, 1.82) is 0 Å². The lowest BCUT2D eigenvalue weighted by Gasteiger charge is -2.05. The fraction of sp³-hybridized carbons (Fsp3) is 0.0714. The van der Waals surface area contributed by atoms with Crippen LogP contribution in [0.3, 0.4) is 0 Å². The van der Waals surface area contributed by atoms with E-state index in [1.54, 1.807) is 30.3 Å². The minimum Gasteiger partial charge on any atom is -0.507 e. The number of hydrogen-bond donors (Lipinski definition) is 3. The smallest absolute Gasteiger partial charge is 0.339 e. The molecule has 4 heteroatoms. The van der Waals surface area contributed by atoms with Gasteiger partial charge in [0.25, 0.3) is 0 Å². The Balaban J connectivity index is 2.39. The van der Waals surface area contributed by atoms with Crippen LogP contribution >= 0.6 is 0 Å². The minimum absolute atomic E-state index is 0.0243. The van der Waals surface area contributed by atoms with Crippen LogP contribution in [0, 0.1) is 0 Å². The molecule has 0 bridgehead atoms. The zero-order valence-electron chi connectivity index (χ0n) is 9.50. The average Bonchev–Trinajstić information content (AvgIpc) is 2.38. The van der Waals surface area contributed by atoms with Crippen molar-refractivity contribution in [3.63, 3.8) is 0 Å². The van der Waals surface area contributed by atoms with Gasteiger partial charge in [0.1, 0.15) is 11.3 Å². The molecule has 0 heterocycles. The first kappa shape index (κ1) is 12.1. The molecule has 0 saturated carbocycles. The highest BCUT2D eigenvalue weighted by atomic mass is 16.4. The molecule has 2 aromatic carbocycles. The first-order valence-corrected chi connectivity index (χ1v) is 5.38. The summed E-state index contributed by atoms with van der Waals surface area (Å²) in [6.45, 7) is -0.0243. The number of benzene rings is 2. The van der Waals surface area contributed by atoms with E-state index in [4.69, 9.17) is 10.2 Å². The quantitative estimate of drug-likeness (QED) is 0.773. The highest BCUT2D eigenvalue weighted by molar-refractivity contribution is 5.91. The molecule has 18 heavy (non-hydrogen) atoms. The van der Waals surface area contributed by atoms with Gasteiger partial charge in [0.15, 0.2) is 0 Å². The lowest BCUT2D eigenvalue weighted by atomic mass is 10.0. The third kappa shape index (κ3) is 2.33. The SMILES string of the molecule is O=C(O)c1ccc(-c2ccc(CO)cc2)cc1O. The lowest BCUT2D eigenvalue weighted by Crippen LogP contribution is -1.96. The molecule has 0 saturated heterocycles. The average molecular weight is 244 g/mol. The predicted molar refractivity (Wildman–Crippen MR) is 66.4 cm³/mol. The summed E-state index contributed by atoms with van der Waals surface area (Å²) < 4.78 is 0. The third-order valence-corrected chi connectivity index (χ3v) is 2.70. The van der Waals surface area contributed by atoms with Crippen molar-refractivity contribution in [3.05, 3.63) is 53.6 Å². The summed E-state index contributed by atoms with van der Waals surface area (Å²) in [6.07, 6.45) is 0. The number of aromatic carboxylic acids is 1. The normalized spacial score (nSPS) is 10.3. The number of carboxylic acids is 1. The van der Waals surface area contributed by atoms with Crippen LogP contribution in [0.2, 0.25) is 0 Å². The van der Waals surface area contributed by atoms with Gasteiger partial charge in [-0.25, -0.2) is 4.79 Å². The topological polar surface area (TPSA) is 77.8 Å². The van der Waals surface area contributed by atoms with Gasteiger partial charge < -0.3 is 15.3 Å². The van der Waals surface area contributed by atoms with Gasteiger partial charge in [-0.3, -0.25) is 0 Å². The van der Waals surface area contributed by atoms with Crippen LogP contribution in [0.4, 0.5) is 0 Å². The lowest BCUT2D eigenvalue weighted by molar-refractivity contribution is 0.0694. The van der Waals surface area contributed by atoms with Crippen LogP contribution in [0.5, 0.6) is 5.75 Å². The molecule has 0 spiro atoms. The van der Waals surface area contributed by atoms with E-state index < -0.39 is 5.97 Å². The van der Waals surface area contributed by atoms with Gasteiger partial charge in [0, 0.05) is 0 Å². The van der Waals surface area contributed by atoms with E-state index in [0.29, 0.717) is 0 Å². The number of aliphatic hydroxyl groups excluding tert-OH is 1. The standard InChI is InChI=1S/C14H12O4/c15-8-9-1-3-10(4-2-9)11-5-6-12(14(17)18)13(16)7-11/h1-7,15-16H,8H2,(H,17,18). The third-order valence-electron chi connectivity index (χ3n) is 2.70. The van der Waals surface area contributed by atoms with Crippen LogP contribution in [-0.2, 0) is 6.61 Å². The monoisotopic (exact) mass is 244 g/mol. The maximum Gasteiger partial charge on any atom is 0.339 e. The van der Waals surface area contributed by atoms with E-state index in [2.05, 4.69) is 0 Å². The molecule has 3 N–H and O–H groups in total. The number of rotatable bonds is 3. The molecule has 0 fully saturated rings. The highest BCUT2D eigenvalue weighted by Crippen LogP contribution is 2.26. The van der Waals surface area contributed by atoms with Gasteiger partial charge in [-0.05, 0) is 28.8 Å². The van der Waals surface area contributed by atoms with E-state index in [1.807, 2.05) is 0 Å². The molecular weight excluding hydrogens is 232 g/mol. The Morgan fingerprint density at radius 2 is 1.61 bits per heavy atom. The maximum atomic E-state index is 10.8. The molecule has 0 unspecified atom stereocenters. The number of aromatic hydroxyl groups is 1. The number of phenols is 1. The van der Waals surface area contributed by atoms with Gasteiger partial charge in [0.05, 0.1) is 6.61 Å². The molecule has 0 radical (unpaired) electrons. The second kappa shape index (κ2) is 4.89. The van der Waals surface area contributed by atoms with E-state index in [1.165, 1.54) is 12.1 Å². The van der Waals surface area contributed by atoms with E-state index in [-0.39, 0.29) is 17.9 Å². The first-order chi connectivity index (χ1) is 8.61. The van der Waals surface area contributed by atoms with Crippen molar-refractivity contribution in [2.75, 3.05) is 0 Å². The summed E-state index contributed by atoms with van der Waals surface area (Å²) in [5, 5.41) is 27.3. The minimum atomic E-state index is -1.16. The Kier molecular flexibility index (Phi) is 3.30. The van der Waals surface area contributed by atoms with Crippen LogP contribution < -0.4 is 0 Å². The molecule has 0 aliphatic rings. The van der Waals surface area contributed by atoms with E-state index in [9.17, 15) is 9.90 Å².